The Bertz CT molecular complexity index is 1670. The van der Waals surface area contributed by atoms with Crippen LogP contribution in [-0.2, 0) is 22.5 Å². The molecule has 2 aromatic carbocycles. The van der Waals surface area contributed by atoms with Crippen LogP contribution in [0, 0.1) is 5.82 Å². The van der Waals surface area contributed by atoms with E-state index in [1.54, 1.807) is 25.4 Å². The number of nitrogens with two attached hydrogens (primary N) is 1. The van der Waals surface area contributed by atoms with Crippen molar-refractivity contribution in [3.63, 3.8) is 0 Å². The SMILES string of the molecule is COc1cc2c(cc1Nc1nc(Nc3cccc(F)c3C(N)=O)c3cc[nH]c3[nH+]1)CN(C(=O)CCN1CCOCC1)CC2. The van der Waals surface area contributed by atoms with Crippen LogP contribution in [0.25, 0.3) is 11.0 Å². The summed E-state index contributed by atoms with van der Waals surface area (Å²) < 4.78 is 25.5. The molecule has 6 rings (SSSR count). The fraction of sp³-hybridized carbons (Fsp3) is 0.333. The van der Waals surface area contributed by atoms with E-state index in [2.05, 4.69) is 30.5 Å². The first-order chi connectivity index (χ1) is 20.9. The Hall–Kier alpha value is -4.75. The molecule has 224 valence electrons. The summed E-state index contributed by atoms with van der Waals surface area (Å²) in [5, 5.41) is 7.06. The third-order valence-corrected chi connectivity index (χ3v) is 7.87. The molecule has 43 heavy (non-hydrogen) atoms. The second kappa shape index (κ2) is 12.2. The van der Waals surface area contributed by atoms with Gasteiger partial charge in [-0.05, 0) is 47.9 Å². The van der Waals surface area contributed by atoms with Gasteiger partial charge in [-0.15, -0.1) is 0 Å². The number of morpholine rings is 1. The number of hydrogen-bond donors (Lipinski definition) is 4. The highest BCUT2D eigenvalue weighted by molar-refractivity contribution is 6.00. The van der Waals surface area contributed by atoms with Gasteiger partial charge in [-0.3, -0.25) is 24.8 Å². The Morgan fingerprint density at radius 1 is 1.14 bits per heavy atom. The molecule has 0 unspecified atom stereocenters. The molecule has 0 radical (unpaired) electrons. The fourth-order valence-corrected chi connectivity index (χ4v) is 5.58. The molecule has 12 nitrogen and oxygen atoms in total. The van der Waals surface area contributed by atoms with E-state index in [1.807, 2.05) is 17.0 Å². The van der Waals surface area contributed by atoms with E-state index in [-0.39, 0.29) is 17.2 Å². The molecule has 0 spiro atoms. The van der Waals surface area contributed by atoms with Crippen LogP contribution in [0.3, 0.4) is 0 Å². The Balaban J connectivity index is 1.24. The van der Waals surface area contributed by atoms with Gasteiger partial charge in [0, 0.05) is 45.3 Å². The number of ether oxygens (including phenoxy) is 2. The Morgan fingerprint density at radius 2 is 1.98 bits per heavy atom. The highest BCUT2D eigenvalue weighted by Crippen LogP contribution is 2.34. The number of amides is 2. The monoisotopic (exact) mass is 589 g/mol. The van der Waals surface area contributed by atoms with Gasteiger partial charge in [0.25, 0.3) is 5.91 Å². The molecule has 2 aliphatic heterocycles. The first-order valence-corrected chi connectivity index (χ1v) is 14.2. The van der Waals surface area contributed by atoms with Crippen molar-refractivity contribution in [1.82, 2.24) is 19.8 Å². The van der Waals surface area contributed by atoms with E-state index >= 15 is 0 Å². The number of methoxy groups -OCH3 is 1. The molecule has 1 saturated heterocycles. The summed E-state index contributed by atoms with van der Waals surface area (Å²) in [5.74, 6) is -0.113. The number of nitrogens with zero attached hydrogens (tertiary/aromatic N) is 3. The van der Waals surface area contributed by atoms with Crippen LogP contribution in [0.4, 0.5) is 27.5 Å². The van der Waals surface area contributed by atoms with Crippen molar-refractivity contribution in [3.05, 3.63) is 65.1 Å². The minimum Gasteiger partial charge on any atom is -0.493 e. The van der Waals surface area contributed by atoms with Gasteiger partial charge in [0.1, 0.15) is 11.5 Å². The van der Waals surface area contributed by atoms with Crippen molar-refractivity contribution in [2.75, 3.05) is 57.1 Å². The first-order valence-electron chi connectivity index (χ1n) is 14.2. The molecule has 2 aliphatic rings. The number of aromatic nitrogens is 3. The summed E-state index contributed by atoms with van der Waals surface area (Å²) in [6.45, 7) is 5.03. The number of fused-ring (bicyclic) bond motifs is 2. The number of nitrogens with one attached hydrogen (secondary N) is 4. The number of H-pyrrole nitrogens is 2. The Morgan fingerprint density at radius 3 is 2.77 bits per heavy atom. The van der Waals surface area contributed by atoms with E-state index in [9.17, 15) is 14.0 Å². The standard InChI is InChI=1S/C30H33FN8O4/c1-42-24-16-18-6-10-39(25(40)7-9-38-11-13-43-14-12-38)17-19(18)15-23(24)35-30-36-28-20(5-8-33-28)29(37-30)34-22-4-2-3-21(31)26(22)27(32)41/h2-5,8,15-16H,6-7,9-14,17H2,1H3,(H2,32,41)(H3,33,34,35,36,37)/p+1. The topological polar surface area (TPSA) is 152 Å². The molecule has 0 atom stereocenters. The first kappa shape index (κ1) is 28.4. The second-order valence-electron chi connectivity index (χ2n) is 10.6. The number of carbonyl (C=O) groups excluding carboxylic acids is 2. The van der Waals surface area contributed by atoms with Crippen LogP contribution in [-0.4, -0.2) is 78.1 Å². The van der Waals surface area contributed by atoms with Crippen molar-refractivity contribution in [2.45, 2.75) is 19.4 Å². The third kappa shape index (κ3) is 6.08. The summed E-state index contributed by atoms with van der Waals surface area (Å²) in [4.78, 5) is 40.2. The Labute approximate surface area is 247 Å². The van der Waals surface area contributed by atoms with Gasteiger partial charge in [0.15, 0.2) is 5.75 Å². The normalized spacial score (nSPS) is 15.3. The van der Waals surface area contributed by atoms with Gasteiger partial charge in [0.2, 0.25) is 17.4 Å². The Kier molecular flexibility index (Phi) is 8.07. The molecule has 2 amide bonds. The molecule has 0 bridgehead atoms. The maximum absolute atomic E-state index is 14.4. The smallest absolute Gasteiger partial charge is 0.351 e. The van der Waals surface area contributed by atoms with Crippen molar-refractivity contribution < 1.29 is 28.4 Å². The van der Waals surface area contributed by atoms with Crippen molar-refractivity contribution in [3.8, 4) is 5.75 Å². The van der Waals surface area contributed by atoms with Crippen LogP contribution in [0.5, 0.6) is 5.75 Å². The summed E-state index contributed by atoms with van der Waals surface area (Å²) in [6.07, 6.45) is 2.95. The zero-order chi connectivity index (χ0) is 29.9. The van der Waals surface area contributed by atoms with Gasteiger partial charge < -0.3 is 25.4 Å². The van der Waals surface area contributed by atoms with E-state index in [0.717, 1.165) is 37.2 Å². The average molecular weight is 590 g/mol. The molecular weight excluding hydrogens is 555 g/mol. The number of anilines is 4. The maximum atomic E-state index is 14.4. The minimum atomic E-state index is -0.890. The summed E-state index contributed by atoms with van der Waals surface area (Å²) in [7, 11) is 1.60. The van der Waals surface area contributed by atoms with E-state index in [4.69, 9.17) is 15.2 Å². The molecule has 0 aliphatic carbocycles. The zero-order valence-corrected chi connectivity index (χ0v) is 23.8. The van der Waals surface area contributed by atoms with Crippen LogP contribution in [0.1, 0.15) is 27.9 Å². The average Bonchev–Trinajstić information content (AvgIpc) is 3.49. The molecule has 4 aromatic rings. The third-order valence-electron chi connectivity index (χ3n) is 7.87. The van der Waals surface area contributed by atoms with Crippen molar-refractivity contribution in [2.24, 2.45) is 5.73 Å². The molecule has 1 fully saturated rings. The zero-order valence-electron chi connectivity index (χ0n) is 23.8. The van der Waals surface area contributed by atoms with Gasteiger partial charge >= 0.3 is 5.95 Å². The number of primary amides is 1. The highest BCUT2D eigenvalue weighted by Gasteiger charge is 2.25. The van der Waals surface area contributed by atoms with Crippen LogP contribution < -0.4 is 26.1 Å². The van der Waals surface area contributed by atoms with Gasteiger partial charge in [-0.25, -0.2) is 9.37 Å². The lowest BCUT2D eigenvalue weighted by atomic mass is 9.98. The molecule has 13 heteroatoms. The molecule has 0 saturated carbocycles. The van der Waals surface area contributed by atoms with Crippen LogP contribution >= 0.6 is 0 Å². The van der Waals surface area contributed by atoms with Gasteiger partial charge in [0.05, 0.1) is 37.0 Å². The lowest BCUT2D eigenvalue weighted by molar-refractivity contribution is -0.333. The predicted octanol–water partition coefficient (Wildman–Crippen LogP) is 2.72. The van der Waals surface area contributed by atoms with E-state index in [0.29, 0.717) is 67.0 Å². The largest absolute Gasteiger partial charge is 0.493 e. The number of halogens is 1. The molecule has 6 N–H and O–H groups in total. The van der Waals surface area contributed by atoms with Gasteiger partial charge in [-0.2, -0.15) is 0 Å². The lowest BCUT2D eigenvalue weighted by Gasteiger charge is -2.31. The quantitative estimate of drug-likeness (QED) is 0.233. The van der Waals surface area contributed by atoms with Crippen molar-refractivity contribution >= 4 is 46.0 Å². The van der Waals surface area contributed by atoms with E-state index in [1.165, 1.54) is 12.1 Å². The number of hydrogen-bond acceptors (Lipinski definition) is 8. The maximum Gasteiger partial charge on any atom is 0.351 e. The summed E-state index contributed by atoms with van der Waals surface area (Å²) in [5.41, 5.74) is 8.86. The molecule has 2 aromatic heterocycles. The predicted molar refractivity (Wildman–Crippen MR) is 158 cm³/mol. The second-order valence-corrected chi connectivity index (χ2v) is 10.6. The van der Waals surface area contributed by atoms with Crippen LogP contribution in [0.2, 0.25) is 0 Å². The molecule has 4 heterocycles. The number of rotatable bonds is 9. The summed E-state index contributed by atoms with van der Waals surface area (Å²) >= 11 is 0. The number of carbonyl (C=O) groups is 2. The number of aromatic amines is 2. The summed E-state index contributed by atoms with van der Waals surface area (Å²) in [6, 6.07) is 10.0. The molecular formula is C30H34FN8O4+. The highest BCUT2D eigenvalue weighted by atomic mass is 19.1. The number of benzene rings is 2. The van der Waals surface area contributed by atoms with E-state index < -0.39 is 11.7 Å². The van der Waals surface area contributed by atoms with Crippen molar-refractivity contribution in [1.29, 1.82) is 0 Å². The minimum absolute atomic E-state index is 0.137. The fourth-order valence-electron chi connectivity index (χ4n) is 5.58. The van der Waals surface area contributed by atoms with Gasteiger partial charge in [-0.1, -0.05) is 11.1 Å². The van der Waals surface area contributed by atoms with Crippen LogP contribution in [0.15, 0.2) is 42.6 Å². The lowest BCUT2D eigenvalue weighted by Crippen LogP contribution is -2.41.